The van der Waals surface area contributed by atoms with Crippen LogP contribution in [0.15, 0.2) is 42.6 Å². The molecule has 27 heavy (non-hydrogen) atoms. The predicted molar refractivity (Wildman–Crippen MR) is 102 cm³/mol. The van der Waals surface area contributed by atoms with Crippen LogP contribution in [0.1, 0.15) is 23.2 Å². The van der Waals surface area contributed by atoms with Crippen LogP contribution in [-0.2, 0) is 22.6 Å². The first-order chi connectivity index (χ1) is 13.1. The molecule has 0 spiro atoms. The van der Waals surface area contributed by atoms with Crippen LogP contribution in [0.3, 0.4) is 0 Å². The molecule has 1 saturated heterocycles. The van der Waals surface area contributed by atoms with Crippen LogP contribution in [0.5, 0.6) is 5.75 Å². The van der Waals surface area contributed by atoms with Crippen LogP contribution in [0.2, 0.25) is 0 Å². The molecule has 0 bridgehead atoms. The van der Waals surface area contributed by atoms with Crippen molar-refractivity contribution in [3.63, 3.8) is 0 Å². The van der Waals surface area contributed by atoms with Crippen molar-refractivity contribution >= 4 is 11.8 Å². The number of nitrogens with zero attached hydrogens (tertiary/aromatic N) is 2. The van der Waals surface area contributed by atoms with Gasteiger partial charge in [-0.1, -0.05) is 18.2 Å². The van der Waals surface area contributed by atoms with Gasteiger partial charge in [0.15, 0.2) is 0 Å². The van der Waals surface area contributed by atoms with E-state index in [0.717, 1.165) is 29.0 Å². The number of benzene rings is 1. The van der Waals surface area contributed by atoms with Gasteiger partial charge in [0.25, 0.3) is 0 Å². The SMILES string of the molecule is COc1ccc(CCNC(=O)[C@H]2CC(=O)N(Cc3ccccn3)C2)cc1C. The molecule has 1 aromatic heterocycles. The first kappa shape index (κ1) is 18.9. The predicted octanol–water partition coefficient (Wildman–Crippen LogP) is 2.11. The fourth-order valence-corrected chi connectivity index (χ4v) is 3.36. The molecule has 1 fully saturated rings. The summed E-state index contributed by atoms with van der Waals surface area (Å²) in [5.41, 5.74) is 3.06. The standard InChI is InChI=1S/C21H25N3O3/c1-15-11-16(6-7-19(15)27-2)8-10-23-21(26)17-12-20(25)24(13-17)14-18-5-3-4-9-22-18/h3-7,9,11,17H,8,10,12-14H2,1-2H3,(H,23,26)/t17-/m0/s1. The molecule has 3 rings (SSSR count). The molecule has 1 atom stereocenters. The third-order valence-electron chi connectivity index (χ3n) is 4.84. The third-order valence-corrected chi connectivity index (χ3v) is 4.84. The smallest absolute Gasteiger partial charge is 0.225 e. The minimum absolute atomic E-state index is 0.00609. The largest absolute Gasteiger partial charge is 0.496 e. The zero-order chi connectivity index (χ0) is 19.2. The first-order valence-corrected chi connectivity index (χ1v) is 9.15. The Morgan fingerprint density at radius 1 is 1.33 bits per heavy atom. The third kappa shape index (κ3) is 4.84. The minimum Gasteiger partial charge on any atom is -0.496 e. The van der Waals surface area contributed by atoms with Crippen LogP contribution < -0.4 is 10.1 Å². The van der Waals surface area contributed by atoms with Gasteiger partial charge in [-0.2, -0.15) is 0 Å². The Morgan fingerprint density at radius 3 is 2.89 bits per heavy atom. The second kappa shape index (κ2) is 8.66. The van der Waals surface area contributed by atoms with Gasteiger partial charge < -0.3 is 15.0 Å². The maximum Gasteiger partial charge on any atom is 0.225 e. The highest BCUT2D eigenvalue weighted by atomic mass is 16.5. The molecule has 0 unspecified atom stereocenters. The number of aromatic nitrogens is 1. The Bertz CT molecular complexity index is 808. The molecule has 0 radical (unpaired) electrons. The number of pyridine rings is 1. The number of amides is 2. The number of likely N-dealkylation sites (tertiary alicyclic amines) is 1. The molecule has 142 valence electrons. The van der Waals surface area contributed by atoms with E-state index in [1.165, 1.54) is 0 Å². The van der Waals surface area contributed by atoms with E-state index in [0.29, 0.717) is 19.6 Å². The molecule has 2 aromatic rings. The molecule has 0 saturated carbocycles. The molecule has 6 nitrogen and oxygen atoms in total. The lowest BCUT2D eigenvalue weighted by molar-refractivity contribution is -0.129. The van der Waals surface area contributed by atoms with Crippen molar-refractivity contribution in [3.8, 4) is 5.75 Å². The van der Waals surface area contributed by atoms with E-state index < -0.39 is 0 Å². The molecule has 1 aromatic carbocycles. The number of rotatable bonds is 7. The number of methoxy groups -OCH3 is 1. The highest BCUT2D eigenvalue weighted by Gasteiger charge is 2.34. The molecule has 1 N–H and O–H groups in total. The van der Waals surface area contributed by atoms with Crippen LogP contribution in [0.4, 0.5) is 0 Å². The zero-order valence-corrected chi connectivity index (χ0v) is 15.8. The molecular formula is C21H25N3O3. The average molecular weight is 367 g/mol. The van der Waals surface area contributed by atoms with Crippen LogP contribution in [0, 0.1) is 12.8 Å². The summed E-state index contributed by atoms with van der Waals surface area (Å²) in [6, 6.07) is 11.6. The first-order valence-electron chi connectivity index (χ1n) is 9.15. The highest BCUT2D eigenvalue weighted by molar-refractivity contribution is 5.89. The van der Waals surface area contributed by atoms with E-state index >= 15 is 0 Å². The summed E-state index contributed by atoms with van der Waals surface area (Å²) >= 11 is 0. The second-order valence-electron chi connectivity index (χ2n) is 6.84. The number of aryl methyl sites for hydroxylation is 1. The van der Waals surface area contributed by atoms with Crippen LogP contribution >= 0.6 is 0 Å². The minimum atomic E-state index is -0.293. The maximum atomic E-state index is 12.4. The lowest BCUT2D eigenvalue weighted by Crippen LogP contribution is -2.34. The van der Waals surface area contributed by atoms with Gasteiger partial charge in [-0.3, -0.25) is 14.6 Å². The Labute approximate surface area is 159 Å². The molecule has 0 aliphatic carbocycles. The molecular weight excluding hydrogens is 342 g/mol. The summed E-state index contributed by atoms with van der Waals surface area (Å²) in [5.74, 6) is 0.516. The van der Waals surface area contributed by atoms with E-state index in [4.69, 9.17) is 4.74 Å². The monoisotopic (exact) mass is 367 g/mol. The summed E-state index contributed by atoms with van der Waals surface area (Å²) in [5, 5.41) is 2.96. The molecule has 6 heteroatoms. The van der Waals surface area contributed by atoms with Gasteiger partial charge in [-0.25, -0.2) is 0 Å². The number of ether oxygens (including phenoxy) is 1. The number of carbonyl (C=O) groups is 2. The fourth-order valence-electron chi connectivity index (χ4n) is 3.36. The van der Waals surface area contributed by atoms with Crippen LogP contribution in [-0.4, -0.2) is 41.9 Å². The number of nitrogens with one attached hydrogen (secondary N) is 1. The quantitative estimate of drug-likeness (QED) is 0.814. The normalized spacial score (nSPS) is 16.4. The van der Waals surface area contributed by atoms with Gasteiger partial charge in [0, 0.05) is 25.7 Å². The number of carbonyl (C=O) groups excluding carboxylic acids is 2. The second-order valence-corrected chi connectivity index (χ2v) is 6.84. The van der Waals surface area contributed by atoms with Gasteiger partial charge in [0.1, 0.15) is 5.75 Å². The lowest BCUT2D eigenvalue weighted by Gasteiger charge is -2.16. The Balaban J connectivity index is 1.47. The van der Waals surface area contributed by atoms with Gasteiger partial charge >= 0.3 is 0 Å². The average Bonchev–Trinajstić information content (AvgIpc) is 3.03. The highest BCUT2D eigenvalue weighted by Crippen LogP contribution is 2.20. The van der Waals surface area contributed by atoms with E-state index in [1.54, 1.807) is 18.2 Å². The van der Waals surface area contributed by atoms with Gasteiger partial charge in [0.05, 0.1) is 25.3 Å². The van der Waals surface area contributed by atoms with Crippen molar-refractivity contribution in [2.45, 2.75) is 26.3 Å². The number of hydrogen-bond donors (Lipinski definition) is 1. The van der Waals surface area contributed by atoms with Gasteiger partial charge in [-0.15, -0.1) is 0 Å². The van der Waals surface area contributed by atoms with Crippen molar-refractivity contribution in [1.82, 2.24) is 15.2 Å². The zero-order valence-electron chi connectivity index (χ0n) is 15.8. The van der Waals surface area contributed by atoms with Gasteiger partial charge in [-0.05, 0) is 42.7 Å². The maximum absolute atomic E-state index is 12.4. The van der Waals surface area contributed by atoms with Crippen molar-refractivity contribution in [2.75, 3.05) is 20.2 Å². The van der Waals surface area contributed by atoms with Crippen LogP contribution in [0.25, 0.3) is 0 Å². The summed E-state index contributed by atoms with van der Waals surface area (Å²) in [7, 11) is 1.66. The van der Waals surface area contributed by atoms with Crippen molar-refractivity contribution in [1.29, 1.82) is 0 Å². The molecule has 2 amide bonds. The van der Waals surface area contributed by atoms with E-state index in [9.17, 15) is 9.59 Å². The van der Waals surface area contributed by atoms with E-state index in [2.05, 4.69) is 16.4 Å². The fraction of sp³-hybridized carbons (Fsp3) is 0.381. The summed E-state index contributed by atoms with van der Waals surface area (Å²) in [6.07, 6.45) is 2.72. The molecule has 1 aliphatic heterocycles. The van der Waals surface area contributed by atoms with Crippen molar-refractivity contribution < 1.29 is 14.3 Å². The molecule has 2 heterocycles. The topological polar surface area (TPSA) is 71.5 Å². The Kier molecular flexibility index (Phi) is 6.06. The van der Waals surface area contributed by atoms with Crippen molar-refractivity contribution in [3.05, 3.63) is 59.4 Å². The number of hydrogen-bond acceptors (Lipinski definition) is 4. The van der Waals surface area contributed by atoms with Gasteiger partial charge in [0.2, 0.25) is 11.8 Å². The summed E-state index contributed by atoms with van der Waals surface area (Å²) < 4.78 is 5.26. The lowest BCUT2D eigenvalue weighted by atomic mass is 10.1. The van der Waals surface area contributed by atoms with E-state index in [1.807, 2.05) is 37.3 Å². The Hall–Kier alpha value is -2.89. The van der Waals surface area contributed by atoms with Crippen molar-refractivity contribution in [2.24, 2.45) is 5.92 Å². The Morgan fingerprint density at radius 2 is 2.19 bits per heavy atom. The summed E-state index contributed by atoms with van der Waals surface area (Å²) in [4.78, 5) is 30.6. The van der Waals surface area contributed by atoms with E-state index in [-0.39, 0.29) is 24.2 Å². The summed E-state index contributed by atoms with van der Waals surface area (Å²) in [6.45, 7) is 3.45. The molecule has 1 aliphatic rings.